The van der Waals surface area contributed by atoms with Gasteiger partial charge in [-0.05, 0) is 19.5 Å². The molecule has 1 aromatic heterocycles. The molecule has 0 unspecified atom stereocenters. The summed E-state index contributed by atoms with van der Waals surface area (Å²) in [5.74, 6) is 0.959. The summed E-state index contributed by atoms with van der Waals surface area (Å²) in [4.78, 5) is 4.10. The fourth-order valence-corrected chi connectivity index (χ4v) is 1.59. The highest BCUT2D eigenvalue weighted by Gasteiger charge is 2.01. The van der Waals surface area contributed by atoms with E-state index in [4.69, 9.17) is 4.74 Å². The smallest absolute Gasteiger partial charge is 0.126 e. The Kier molecular flexibility index (Phi) is 6.58. The molecule has 1 rings (SSSR count). The fourth-order valence-electron chi connectivity index (χ4n) is 1.59. The van der Waals surface area contributed by atoms with Gasteiger partial charge in [0.2, 0.25) is 0 Å². The second kappa shape index (κ2) is 8.11. The van der Waals surface area contributed by atoms with Gasteiger partial charge in [-0.15, -0.1) is 0 Å². The first-order valence-corrected chi connectivity index (χ1v) is 6.08. The zero-order valence-corrected chi connectivity index (χ0v) is 10.3. The first kappa shape index (κ1) is 13.0. The summed E-state index contributed by atoms with van der Waals surface area (Å²) in [6, 6.07) is 1.94. The highest BCUT2D eigenvalue weighted by atomic mass is 16.5. The van der Waals surface area contributed by atoms with Crippen LogP contribution >= 0.6 is 0 Å². The van der Waals surface area contributed by atoms with Crippen molar-refractivity contribution in [2.24, 2.45) is 0 Å². The van der Waals surface area contributed by atoms with Crippen LogP contribution in [0.4, 0.5) is 0 Å². The SMILES string of the molecule is CCCCCCOc1ccncc1CNC. The van der Waals surface area contributed by atoms with Crippen LogP contribution in [0.1, 0.15) is 38.2 Å². The molecule has 0 bridgehead atoms. The maximum atomic E-state index is 5.76. The molecule has 0 aliphatic heterocycles. The molecule has 0 saturated heterocycles. The van der Waals surface area contributed by atoms with Crippen LogP contribution in [0.25, 0.3) is 0 Å². The van der Waals surface area contributed by atoms with Crippen molar-refractivity contribution in [2.45, 2.75) is 39.2 Å². The lowest BCUT2D eigenvalue weighted by molar-refractivity contribution is 0.301. The third-order valence-electron chi connectivity index (χ3n) is 2.48. The lowest BCUT2D eigenvalue weighted by atomic mass is 10.2. The number of nitrogens with zero attached hydrogens (tertiary/aromatic N) is 1. The molecule has 3 heteroatoms. The zero-order chi connectivity index (χ0) is 11.6. The number of rotatable bonds is 8. The molecule has 3 nitrogen and oxygen atoms in total. The molecule has 0 saturated carbocycles. The lowest BCUT2D eigenvalue weighted by Crippen LogP contribution is -2.08. The van der Waals surface area contributed by atoms with E-state index < -0.39 is 0 Å². The van der Waals surface area contributed by atoms with Crippen LogP contribution in [-0.4, -0.2) is 18.6 Å². The van der Waals surface area contributed by atoms with Gasteiger partial charge in [-0.3, -0.25) is 4.98 Å². The Labute approximate surface area is 98.2 Å². The predicted molar refractivity (Wildman–Crippen MR) is 66.6 cm³/mol. The number of hydrogen-bond donors (Lipinski definition) is 1. The average Bonchev–Trinajstić information content (AvgIpc) is 2.31. The van der Waals surface area contributed by atoms with Crippen molar-refractivity contribution in [1.29, 1.82) is 0 Å². The van der Waals surface area contributed by atoms with Crippen molar-refractivity contribution in [3.05, 3.63) is 24.0 Å². The molecule has 1 heterocycles. The summed E-state index contributed by atoms with van der Waals surface area (Å²) >= 11 is 0. The van der Waals surface area contributed by atoms with Crippen molar-refractivity contribution >= 4 is 0 Å². The van der Waals surface area contributed by atoms with E-state index in [9.17, 15) is 0 Å². The molecule has 1 aromatic rings. The number of aromatic nitrogens is 1. The third-order valence-corrected chi connectivity index (χ3v) is 2.48. The van der Waals surface area contributed by atoms with Gasteiger partial charge in [0.15, 0.2) is 0 Å². The van der Waals surface area contributed by atoms with E-state index in [1.165, 1.54) is 19.3 Å². The Bertz CT molecular complexity index is 289. The first-order valence-electron chi connectivity index (χ1n) is 6.08. The van der Waals surface area contributed by atoms with Gasteiger partial charge >= 0.3 is 0 Å². The molecule has 1 N–H and O–H groups in total. The molecular formula is C13H22N2O. The van der Waals surface area contributed by atoms with Gasteiger partial charge in [0.05, 0.1) is 6.61 Å². The summed E-state index contributed by atoms with van der Waals surface area (Å²) in [7, 11) is 1.93. The van der Waals surface area contributed by atoms with E-state index in [0.29, 0.717) is 0 Å². The minimum atomic E-state index is 0.804. The van der Waals surface area contributed by atoms with Crippen LogP contribution < -0.4 is 10.1 Å². The maximum absolute atomic E-state index is 5.76. The molecule has 0 spiro atoms. The van der Waals surface area contributed by atoms with Crippen LogP contribution in [0.3, 0.4) is 0 Å². The van der Waals surface area contributed by atoms with E-state index in [1.54, 1.807) is 6.20 Å². The topological polar surface area (TPSA) is 34.1 Å². The maximum Gasteiger partial charge on any atom is 0.126 e. The summed E-state index contributed by atoms with van der Waals surface area (Å²) in [6.45, 7) is 3.83. The Morgan fingerprint density at radius 1 is 1.31 bits per heavy atom. The molecule has 0 atom stereocenters. The van der Waals surface area contributed by atoms with Gasteiger partial charge in [0, 0.05) is 24.5 Å². The standard InChI is InChI=1S/C13H22N2O/c1-3-4-5-6-9-16-13-7-8-15-11-12(13)10-14-2/h7-8,11,14H,3-6,9-10H2,1-2H3. The van der Waals surface area contributed by atoms with Gasteiger partial charge in [0.25, 0.3) is 0 Å². The van der Waals surface area contributed by atoms with Crippen LogP contribution in [0.15, 0.2) is 18.5 Å². The number of nitrogens with one attached hydrogen (secondary N) is 1. The van der Waals surface area contributed by atoms with Gasteiger partial charge < -0.3 is 10.1 Å². The number of pyridine rings is 1. The van der Waals surface area contributed by atoms with Crippen molar-refractivity contribution in [2.75, 3.05) is 13.7 Å². The second-order valence-electron chi connectivity index (χ2n) is 3.92. The normalized spacial score (nSPS) is 10.4. The number of ether oxygens (including phenoxy) is 1. The minimum absolute atomic E-state index is 0.804. The molecule has 16 heavy (non-hydrogen) atoms. The Morgan fingerprint density at radius 2 is 2.19 bits per heavy atom. The number of hydrogen-bond acceptors (Lipinski definition) is 3. The zero-order valence-electron chi connectivity index (χ0n) is 10.3. The van der Waals surface area contributed by atoms with Crippen LogP contribution in [0, 0.1) is 0 Å². The summed E-state index contributed by atoms with van der Waals surface area (Å²) in [5, 5.41) is 3.12. The van der Waals surface area contributed by atoms with Crippen molar-refractivity contribution in [3.8, 4) is 5.75 Å². The highest BCUT2D eigenvalue weighted by molar-refractivity contribution is 5.29. The monoisotopic (exact) mass is 222 g/mol. The largest absolute Gasteiger partial charge is 0.493 e. The van der Waals surface area contributed by atoms with E-state index in [1.807, 2.05) is 19.3 Å². The molecular weight excluding hydrogens is 200 g/mol. The van der Waals surface area contributed by atoms with Crippen LogP contribution in [0.5, 0.6) is 5.75 Å². The van der Waals surface area contributed by atoms with Gasteiger partial charge in [-0.2, -0.15) is 0 Å². The summed E-state index contributed by atoms with van der Waals surface area (Å²) < 4.78 is 5.76. The second-order valence-corrected chi connectivity index (χ2v) is 3.92. The Morgan fingerprint density at radius 3 is 2.94 bits per heavy atom. The van der Waals surface area contributed by atoms with E-state index in [-0.39, 0.29) is 0 Å². The quantitative estimate of drug-likeness (QED) is 0.687. The van der Waals surface area contributed by atoms with Crippen molar-refractivity contribution < 1.29 is 4.74 Å². The molecule has 0 amide bonds. The van der Waals surface area contributed by atoms with Crippen molar-refractivity contribution in [1.82, 2.24) is 10.3 Å². The van der Waals surface area contributed by atoms with E-state index in [0.717, 1.165) is 30.9 Å². The molecule has 0 aromatic carbocycles. The minimum Gasteiger partial charge on any atom is -0.493 e. The first-order chi connectivity index (χ1) is 7.88. The summed E-state index contributed by atoms with van der Waals surface area (Å²) in [5.41, 5.74) is 1.13. The van der Waals surface area contributed by atoms with E-state index in [2.05, 4.69) is 17.2 Å². The molecule has 90 valence electrons. The Hall–Kier alpha value is -1.09. The Balaban J connectivity index is 2.34. The third kappa shape index (κ3) is 4.62. The van der Waals surface area contributed by atoms with Gasteiger partial charge in [-0.1, -0.05) is 26.2 Å². The number of unbranched alkanes of at least 4 members (excludes halogenated alkanes) is 3. The van der Waals surface area contributed by atoms with Gasteiger partial charge in [0.1, 0.15) is 5.75 Å². The molecule has 0 fully saturated rings. The molecule has 0 aliphatic carbocycles. The summed E-state index contributed by atoms with van der Waals surface area (Å²) in [6.07, 6.45) is 8.58. The van der Waals surface area contributed by atoms with Gasteiger partial charge in [-0.25, -0.2) is 0 Å². The van der Waals surface area contributed by atoms with Crippen LogP contribution in [-0.2, 0) is 6.54 Å². The predicted octanol–water partition coefficient (Wildman–Crippen LogP) is 2.76. The highest BCUT2D eigenvalue weighted by Crippen LogP contribution is 2.16. The average molecular weight is 222 g/mol. The fraction of sp³-hybridized carbons (Fsp3) is 0.615. The molecule has 0 aliphatic rings. The van der Waals surface area contributed by atoms with Crippen molar-refractivity contribution in [3.63, 3.8) is 0 Å². The lowest BCUT2D eigenvalue weighted by Gasteiger charge is -2.10. The molecule has 0 radical (unpaired) electrons. The van der Waals surface area contributed by atoms with Crippen LogP contribution in [0.2, 0.25) is 0 Å². The van der Waals surface area contributed by atoms with E-state index >= 15 is 0 Å².